The number of aromatic amines is 2. The lowest BCUT2D eigenvalue weighted by molar-refractivity contribution is -0.193. The molecule has 19 nitrogen and oxygen atoms in total. The number of benzene rings is 3. The van der Waals surface area contributed by atoms with Gasteiger partial charge in [-0.25, -0.2) is 29.1 Å². The molecule has 6 heterocycles. The van der Waals surface area contributed by atoms with E-state index in [2.05, 4.69) is 63.1 Å². The Kier molecular flexibility index (Phi) is 16.1. The molecule has 3 aliphatic heterocycles. The highest BCUT2D eigenvalue weighted by Gasteiger charge is 2.44. The van der Waals surface area contributed by atoms with E-state index in [1.54, 1.807) is 4.90 Å². The van der Waals surface area contributed by atoms with Crippen LogP contribution in [-0.2, 0) is 41.5 Å². The average Bonchev–Trinajstić information content (AvgIpc) is 4.22. The first-order valence-electron chi connectivity index (χ1n) is 23.1. The van der Waals surface area contributed by atoms with E-state index in [-0.39, 0.29) is 29.8 Å². The molecule has 3 aromatic heterocycles. The smallest absolute Gasteiger partial charge is 0.475 e. The lowest BCUT2D eigenvalue weighted by Crippen LogP contribution is -2.51. The molecule has 0 aliphatic carbocycles. The number of para-hydroxylation sites is 1. The molecule has 4 atom stereocenters. The molecule has 1 saturated heterocycles. The van der Waals surface area contributed by atoms with Crippen LogP contribution in [0.2, 0.25) is 0 Å². The molecule has 3 aromatic carbocycles. The number of alkyl carbamates (subject to hydrolysis) is 2. The summed E-state index contributed by atoms with van der Waals surface area (Å²) in [4.78, 5) is 94.3. The van der Waals surface area contributed by atoms with Crippen LogP contribution in [-0.4, -0.2) is 121 Å². The number of halogens is 6. The molecule has 0 radical (unpaired) electrons. The van der Waals surface area contributed by atoms with Crippen LogP contribution in [0.25, 0.3) is 44.5 Å². The number of ether oxygens (including phenoxy) is 2. The summed E-state index contributed by atoms with van der Waals surface area (Å²) in [5.74, 6) is -4.57. The lowest BCUT2D eigenvalue weighted by atomic mass is 10.0. The zero-order chi connectivity index (χ0) is 54.5. The van der Waals surface area contributed by atoms with Crippen LogP contribution >= 0.6 is 0 Å². The van der Waals surface area contributed by atoms with Crippen molar-refractivity contribution < 1.29 is 74.8 Å². The highest BCUT2D eigenvalue weighted by atomic mass is 19.4. The molecule has 0 bridgehead atoms. The Bertz CT molecular complexity index is 3080. The van der Waals surface area contributed by atoms with Crippen molar-refractivity contribution in [1.29, 1.82) is 0 Å². The summed E-state index contributed by atoms with van der Waals surface area (Å²) in [5.41, 5.74) is 8.23. The van der Waals surface area contributed by atoms with Gasteiger partial charge in [-0.1, -0.05) is 56.3 Å². The fourth-order valence-corrected chi connectivity index (χ4v) is 8.97. The fourth-order valence-electron chi connectivity index (χ4n) is 8.97. The average molecular weight is 1050 g/mol. The minimum Gasteiger partial charge on any atom is -0.475 e. The molecule has 3 aliphatic rings. The molecular formula is C50H49F6N9O10. The van der Waals surface area contributed by atoms with E-state index in [0.717, 1.165) is 74.3 Å². The van der Waals surface area contributed by atoms with Gasteiger partial charge in [0.25, 0.3) is 0 Å². The largest absolute Gasteiger partial charge is 0.490 e. The number of carbonyl (C=O) groups excluding carboxylic acids is 4. The second kappa shape index (κ2) is 22.3. The number of fused-ring (bicyclic) bond motifs is 1. The van der Waals surface area contributed by atoms with Crippen LogP contribution in [0.1, 0.15) is 68.0 Å². The zero-order valence-corrected chi connectivity index (χ0v) is 40.4. The van der Waals surface area contributed by atoms with Gasteiger partial charge in [-0.15, -0.1) is 0 Å². The van der Waals surface area contributed by atoms with E-state index in [4.69, 9.17) is 44.2 Å². The van der Waals surface area contributed by atoms with Crippen molar-refractivity contribution in [2.75, 3.05) is 25.7 Å². The minimum atomic E-state index is -5.08. The molecule has 9 rings (SSSR count). The number of likely N-dealkylation sites (tertiary alicyclic amines) is 1. The normalized spacial score (nSPS) is 17.4. The monoisotopic (exact) mass is 1050 g/mol. The summed E-state index contributed by atoms with van der Waals surface area (Å²) >= 11 is 0. The van der Waals surface area contributed by atoms with Crippen LogP contribution < -0.4 is 15.5 Å². The van der Waals surface area contributed by atoms with Gasteiger partial charge in [-0.2, -0.15) is 26.3 Å². The highest BCUT2D eigenvalue weighted by Crippen LogP contribution is 2.45. The number of carboxylic acids is 2. The Morgan fingerprint density at radius 3 is 2.00 bits per heavy atom. The maximum absolute atomic E-state index is 13.9. The number of H-pyrrole nitrogens is 2. The third-order valence-electron chi connectivity index (χ3n) is 12.6. The zero-order valence-electron chi connectivity index (χ0n) is 40.4. The van der Waals surface area contributed by atoms with Crippen LogP contribution in [0.5, 0.6) is 0 Å². The second-order valence-electron chi connectivity index (χ2n) is 17.8. The highest BCUT2D eigenvalue weighted by molar-refractivity contribution is 6.02. The number of carboxylic acid groups (broad SMARTS) is 2. The number of carbonyl (C=O) groups is 6. The topological polar surface area (TPSA) is 262 Å². The van der Waals surface area contributed by atoms with E-state index < -0.39 is 48.6 Å². The summed E-state index contributed by atoms with van der Waals surface area (Å²) in [7, 11) is 2.58. The number of methoxy groups -OCH3 is 2. The van der Waals surface area contributed by atoms with Gasteiger partial charge in [0.2, 0.25) is 11.8 Å². The Hall–Kier alpha value is -8.51. The van der Waals surface area contributed by atoms with Gasteiger partial charge in [-0.3, -0.25) is 19.5 Å². The van der Waals surface area contributed by atoms with E-state index >= 15 is 0 Å². The van der Waals surface area contributed by atoms with Crippen LogP contribution in [0.3, 0.4) is 0 Å². The number of aryl methyl sites for hydroxylation is 1. The number of aromatic nitrogens is 5. The van der Waals surface area contributed by atoms with Crippen LogP contribution in [0.4, 0.5) is 41.6 Å². The van der Waals surface area contributed by atoms with E-state index in [0.29, 0.717) is 37.3 Å². The Morgan fingerprint density at radius 2 is 1.39 bits per heavy atom. The molecule has 396 valence electrons. The molecule has 0 unspecified atom stereocenters. The number of nitrogens with zero attached hydrogens (tertiary/aromatic N) is 5. The van der Waals surface area contributed by atoms with Crippen LogP contribution in [0.15, 0.2) is 85.3 Å². The van der Waals surface area contributed by atoms with Gasteiger partial charge in [0, 0.05) is 42.0 Å². The number of alkyl halides is 6. The molecular weight excluding hydrogens is 1000 g/mol. The predicted octanol–water partition coefficient (Wildman–Crippen LogP) is 8.29. The fraction of sp³-hybridized carbons (Fsp3) is 0.340. The quantitative estimate of drug-likeness (QED) is 0.0746. The first-order valence-corrected chi connectivity index (χ1v) is 23.1. The van der Waals surface area contributed by atoms with Crippen molar-refractivity contribution in [3.8, 4) is 33.8 Å². The number of amides is 4. The predicted molar refractivity (Wildman–Crippen MR) is 256 cm³/mol. The number of nitrogens with one attached hydrogen (secondary N) is 4. The molecule has 6 aromatic rings. The number of pyridine rings is 1. The number of anilines is 1. The Labute approximate surface area is 422 Å². The molecule has 0 saturated carbocycles. The number of hydrogen-bond donors (Lipinski definition) is 6. The number of hydrogen-bond acceptors (Lipinski definition) is 11. The lowest BCUT2D eigenvalue weighted by Gasteiger charge is -2.30. The van der Waals surface area contributed by atoms with Gasteiger partial charge >= 0.3 is 36.5 Å². The summed E-state index contributed by atoms with van der Waals surface area (Å²) in [6.07, 6.45) is -2.61. The SMILES string of the molecule is COC(=O)N[C@H]1CCc2cccc3c2N(C1=O)[C@H](c1nc(-c2ccc(-c4ccc5cc(-c6cnc([C@@H]7CCCN7C(=O)[C@@H](NC(=O)OC)C(C)C)[nH]6)ccc5c4)nc2)c[nH]1)C3.O=C(O)C(F)(F)F.O=C(O)C(F)(F)F. The maximum Gasteiger partial charge on any atom is 0.490 e. The molecule has 1 fully saturated rings. The van der Waals surface area contributed by atoms with Gasteiger partial charge in [0.15, 0.2) is 0 Å². The van der Waals surface area contributed by atoms with Crippen LogP contribution in [0, 0.1) is 5.92 Å². The summed E-state index contributed by atoms with van der Waals surface area (Å²) in [6.45, 7) is 4.39. The van der Waals surface area contributed by atoms with Gasteiger partial charge in [0.05, 0.1) is 55.3 Å². The Balaban J connectivity index is 0.000000517. The molecule has 0 spiro atoms. The molecule has 4 amide bonds. The van der Waals surface area contributed by atoms with Crippen molar-refractivity contribution in [1.82, 2.24) is 40.5 Å². The summed E-state index contributed by atoms with van der Waals surface area (Å²) < 4.78 is 73.1. The number of rotatable bonds is 9. The van der Waals surface area contributed by atoms with Crippen molar-refractivity contribution in [3.63, 3.8) is 0 Å². The van der Waals surface area contributed by atoms with Gasteiger partial charge in [0.1, 0.15) is 23.7 Å². The summed E-state index contributed by atoms with van der Waals surface area (Å²) in [6, 6.07) is 20.6. The minimum absolute atomic E-state index is 0.112. The van der Waals surface area contributed by atoms with E-state index in [9.17, 15) is 45.5 Å². The van der Waals surface area contributed by atoms with Crippen molar-refractivity contribution in [2.45, 2.75) is 82.5 Å². The third-order valence-corrected chi connectivity index (χ3v) is 12.6. The van der Waals surface area contributed by atoms with Gasteiger partial charge in [-0.05, 0) is 77.8 Å². The van der Waals surface area contributed by atoms with E-state index in [1.165, 1.54) is 14.2 Å². The molecule has 75 heavy (non-hydrogen) atoms. The third kappa shape index (κ3) is 12.3. The number of aliphatic carboxylic acids is 2. The molecule has 6 N–H and O–H groups in total. The first kappa shape index (κ1) is 54.3. The summed E-state index contributed by atoms with van der Waals surface area (Å²) in [5, 5.41) is 21.8. The maximum atomic E-state index is 13.9. The second-order valence-corrected chi connectivity index (χ2v) is 17.8. The standard InChI is InChI=1S/C46H47N9O6.2C2HF3O2/c1-25(2)39(53-46(59)61-4)44(57)54-18-6-9-37(54)41-48-23-35(50-41)30-13-11-27-19-29(12-10-28(27)20-30)33-16-15-32(22-47-33)36-24-49-42(51-36)38-21-31-8-5-7-26-14-17-34(52-45(58)60-3)43(56)55(38)40(26)31;2*3-2(4,5)1(6)7/h5,7-8,10-13,15-16,19-20,22-25,34,37-39H,6,9,14,17-18,21H2,1-4H3,(H,48,50)(H,49,51)(H,52,58)(H,53,59);2*(H,6,7)/t34-,37-,38-,39-;;/m0../s1. The van der Waals surface area contributed by atoms with Gasteiger partial charge < -0.3 is 45.2 Å². The van der Waals surface area contributed by atoms with Crippen molar-refractivity contribution >= 4 is 52.4 Å². The van der Waals surface area contributed by atoms with E-state index in [1.807, 2.05) is 61.6 Å². The molecule has 25 heteroatoms. The Morgan fingerprint density at radius 1 is 0.760 bits per heavy atom. The van der Waals surface area contributed by atoms with Crippen molar-refractivity contribution in [3.05, 3.63) is 108 Å². The number of imidazole rings is 2. The van der Waals surface area contributed by atoms with Crippen molar-refractivity contribution in [2.24, 2.45) is 5.92 Å². The first-order chi connectivity index (χ1) is 35.5.